The topological polar surface area (TPSA) is 71.1 Å². The summed E-state index contributed by atoms with van der Waals surface area (Å²) in [5.74, 6) is -0.307. The minimum Gasteiger partial charge on any atom is -0.326 e. The van der Waals surface area contributed by atoms with Gasteiger partial charge in [-0.05, 0) is 56.4 Å². The number of hydrogen-bond donors (Lipinski definition) is 2. The fourth-order valence-electron chi connectivity index (χ4n) is 4.16. The number of fused-ring (bicyclic) bond motifs is 1. The monoisotopic (exact) mass is 419 g/mol. The predicted octanol–water partition coefficient (Wildman–Crippen LogP) is 5.27. The lowest BCUT2D eigenvalue weighted by molar-refractivity contribution is -0.121. The van der Waals surface area contributed by atoms with Crippen LogP contribution in [0.25, 0.3) is 11.3 Å². The van der Waals surface area contributed by atoms with E-state index in [0.29, 0.717) is 18.0 Å². The molecule has 3 aromatic rings. The first-order valence-corrected chi connectivity index (χ1v) is 11.0. The lowest BCUT2D eigenvalue weighted by Gasteiger charge is -2.24. The standard InChI is InChI=1S/C24H25N3O2S/c1-14-10-15(2)22(16(3)11-14)20-13-30-24(26-20)27-21(28)9-8-18-12-17-6-4-5-7-19(17)25-23(18)29/h4-7,10-11,13,18H,8-9,12H2,1-3H3,(H,25,29)(H,26,27,28). The molecule has 1 atom stereocenters. The minimum atomic E-state index is -0.185. The van der Waals surface area contributed by atoms with Crippen molar-refractivity contribution < 1.29 is 9.59 Å². The first-order chi connectivity index (χ1) is 14.4. The first kappa shape index (κ1) is 20.3. The molecule has 6 heteroatoms. The smallest absolute Gasteiger partial charge is 0.227 e. The highest BCUT2D eigenvalue weighted by atomic mass is 32.1. The average Bonchev–Trinajstić information content (AvgIpc) is 3.13. The lowest BCUT2D eigenvalue weighted by atomic mass is 9.89. The maximum atomic E-state index is 12.5. The van der Waals surface area contributed by atoms with Gasteiger partial charge in [0.2, 0.25) is 11.8 Å². The Bertz CT molecular complexity index is 1100. The van der Waals surface area contributed by atoms with Gasteiger partial charge in [-0.2, -0.15) is 0 Å². The fraction of sp³-hybridized carbons (Fsp3) is 0.292. The van der Waals surface area contributed by atoms with Crippen LogP contribution in [0.5, 0.6) is 0 Å². The number of nitrogens with one attached hydrogen (secondary N) is 2. The molecule has 2 aromatic carbocycles. The average molecular weight is 420 g/mol. The van der Waals surface area contributed by atoms with Gasteiger partial charge >= 0.3 is 0 Å². The SMILES string of the molecule is Cc1cc(C)c(-c2csc(NC(=O)CCC3Cc4ccccc4NC3=O)n2)c(C)c1. The number of carbonyl (C=O) groups is 2. The van der Waals surface area contributed by atoms with Crippen LogP contribution in [0, 0.1) is 26.7 Å². The van der Waals surface area contributed by atoms with E-state index in [-0.39, 0.29) is 24.2 Å². The van der Waals surface area contributed by atoms with E-state index in [9.17, 15) is 9.59 Å². The number of hydrogen-bond acceptors (Lipinski definition) is 4. The van der Waals surface area contributed by atoms with Crippen molar-refractivity contribution in [2.75, 3.05) is 10.6 Å². The molecular weight excluding hydrogens is 394 g/mol. The number of para-hydroxylation sites is 1. The van der Waals surface area contributed by atoms with Crippen molar-refractivity contribution in [3.63, 3.8) is 0 Å². The third kappa shape index (κ3) is 4.28. The maximum absolute atomic E-state index is 12.5. The van der Waals surface area contributed by atoms with Crippen molar-refractivity contribution in [3.05, 3.63) is 64.0 Å². The van der Waals surface area contributed by atoms with Crippen LogP contribution >= 0.6 is 11.3 Å². The van der Waals surface area contributed by atoms with Crippen LogP contribution in [0.1, 0.15) is 35.1 Å². The number of aryl methyl sites for hydroxylation is 3. The highest BCUT2D eigenvalue weighted by Gasteiger charge is 2.26. The van der Waals surface area contributed by atoms with Crippen LogP contribution in [0.2, 0.25) is 0 Å². The fourth-order valence-corrected chi connectivity index (χ4v) is 4.88. The van der Waals surface area contributed by atoms with Crippen LogP contribution < -0.4 is 10.6 Å². The molecule has 2 amide bonds. The number of benzene rings is 2. The van der Waals surface area contributed by atoms with E-state index in [2.05, 4.69) is 48.5 Å². The Balaban J connectivity index is 1.37. The summed E-state index contributed by atoms with van der Waals surface area (Å²) < 4.78 is 0. The molecule has 30 heavy (non-hydrogen) atoms. The number of carbonyl (C=O) groups excluding carboxylic acids is 2. The molecule has 4 rings (SSSR count). The van der Waals surface area contributed by atoms with Crippen LogP contribution in [0.15, 0.2) is 41.8 Å². The maximum Gasteiger partial charge on any atom is 0.227 e. The number of aromatic nitrogens is 1. The molecule has 1 unspecified atom stereocenters. The Labute approximate surface area is 180 Å². The third-order valence-corrected chi connectivity index (χ3v) is 6.27. The van der Waals surface area contributed by atoms with Gasteiger partial charge in [-0.1, -0.05) is 35.9 Å². The lowest BCUT2D eigenvalue weighted by Crippen LogP contribution is -2.30. The van der Waals surface area contributed by atoms with Gasteiger partial charge in [0.15, 0.2) is 5.13 Å². The normalized spacial score (nSPS) is 15.4. The van der Waals surface area contributed by atoms with Gasteiger partial charge in [-0.3, -0.25) is 9.59 Å². The summed E-state index contributed by atoms with van der Waals surface area (Å²) in [6, 6.07) is 12.1. The van der Waals surface area contributed by atoms with Gasteiger partial charge in [0, 0.05) is 29.0 Å². The molecule has 0 fully saturated rings. The summed E-state index contributed by atoms with van der Waals surface area (Å²) in [6.07, 6.45) is 1.47. The Morgan fingerprint density at radius 1 is 1.20 bits per heavy atom. The van der Waals surface area contributed by atoms with Crippen molar-refractivity contribution in [1.82, 2.24) is 4.98 Å². The van der Waals surface area contributed by atoms with Gasteiger partial charge in [0.1, 0.15) is 0 Å². The van der Waals surface area contributed by atoms with Crippen molar-refractivity contribution >= 4 is 34.0 Å². The third-order valence-electron chi connectivity index (χ3n) is 5.52. The molecule has 0 saturated heterocycles. The van der Waals surface area contributed by atoms with Gasteiger partial charge in [0.05, 0.1) is 5.69 Å². The van der Waals surface area contributed by atoms with Gasteiger partial charge in [0.25, 0.3) is 0 Å². The molecule has 0 bridgehead atoms. The number of amides is 2. The van der Waals surface area contributed by atoms with Crippen molar-refractivity contribution in [1.29, 1.82) is 0 Å². The van der Waals surface area contributed by atoms with Crippen molar-refractivity contribution in [3.8, 4) is 11.3 Å². The summed E-state index contributed by atoms with van der Waals surface area (Å²) in [7, 11) is 0. The molecule has 1 aliphatic rings. The predicted molar refractivity (Wildman–Crippen MR) is 122 cm³/mol. The zero-order valence-electron chi connectivity index (χ0n) is 17.4. The van der Waals surface area contributed by atoms with Crippen molar-refractivity contribution in [2.45, 2.75) is 40.0 Å². The summed E-state index contributed by atoms with van der Waals surface area (Å²) in [5.41, 5.74) is 7.59. The highest BCUT2D eigenvalue weighted by Crippen LogP contribution is 2.31. The minimum absolute atomic E-state index is 0.0108. The second kappa shape index (κ2) is 8.40. The van der Waals surface area contributed by atoms with E-state index in [0.717, 1.165) is 22.5 Å². The van der Waals surface area contributed by atoms with Crippen LogP contribution in [-0.2, 0) is 16.0 Å². The van der Waals surface area contributed by atoms with E-state index in [1.165, 1.54) is 28.0 Å². The second-order valence-electron chi connectivity index (χ2n) is 7.95. The van der Waals surface area contributed by atoms with E-state index >= 15 is 0 Å². The Morgan fingerprint density at radius 2 is 1.93 bits per heavy atom. The Morgan fingerprint density at radius 3 is 2.70 bits per heavy atom. The number of nitrogens with zero attached hydrogens (tertiary/aromatic N) is 1. The summed E-state index contributed by atoms with van der Waals surface area (Å²) >= 11 is 1.42. The molecule has 2 heterocycles. The number of anilines is 2. The van der Waals surface area contributed by atoms with Crippen LogP contribution in [-0.4, -0.2) is 16.8 Å². The van der Waals surface area contributed by atoms with E-state index < -0.39 is 0 Å². The van der Waals surface area contributed by atoms with E-state index in [1.54, 1.807) is 0 Å². The van der Waals surface area contributed by atoms with Crippen LogP contribution in [0.3, 0.4) is 0 Å². The van der Waals surface area contributed by atoms with E-state index in [4.69, 9.17) is 0 Å². The molecule has 0 aliphatic carbocycles. The Kier molecular flexibility index (Phi) is 5.68. The first-order valence-electron chi connectivity index (χ1n) is 10.1. The summed E-state index contributed by atoms with van der Waals surface area (Å²) in [6.45, 7) is 6.25. The number of thiazole rings is 1. The van der Waals surface area contributed by atoms with E-state index in [1.807, 2.05) is 29.6 Å². The molecule has 5 nitrogen and oxygen atoms in total. The summed E-state index contributed by atoms with van der Waals surface area (Å²) in [5, 5.41) is 8.40. The Hall–Kier alpha value is -2.99. The molecule has 154 valence electrons. The van der Waals surface area contributed by atoms with Gasteiger partial charge in [-0.15, -0.1) is 11.3 Å². The molecule has 0 saturated carbocycles. The van der Waals surface area contributed by atoms with Crippen LogP contribution in [0.4, 0.5) is 10.8 Å². The molecule has 2 N–H and O–H groups in total. The second-order valence-corrected chi connectivity index (χ2v) is 8.80. The molecule has 1 aromatic heterocycles. The van der Waals surface area contributed by atoms with Gasteiger partial charge < -0.3 is 10.6 Å². The molecule has 0 spiro atoms. The zero-order chi connectivity index (χ0) is 21.3. The zero-order valence-corrected chi connectivity index (χ0v) is 18.2. The largest absolute Gasteiger partial charge is 0.326 e. The molecule has 1 aliphatic heterocycles. The number of rotatable bonds is 5. The van der Waals surface area contributed by atoms with Crippen molar-refractivity contribution in [2.24, 2.45) is 5.92 Å². The molecule has 0 radical (unpaired) electrons. The van der Waals surface area contributed by atoms with Gasteiger partial charge in [-0.25, -0.2) is 4.98 Å². The highest BCUT2D eigenvalue weighted by molar-refractivity contribution is 7.14. The quantitative estimate of drug-likeness (QED) is 0.592. The summed E-state index contributed by atoms with van der Waals surface area (Å²) in [4.78, 5) is 29.4. The molecular formula is C24H25N3O2S.